The lowest BCUT2D eigenvalue weighted by Gasteiger charge is -2.36. The van der Waals surface area contributed by atoms with Crippen LogP contribution in [0.2, 0.25) is 5.02 Å². The highest BCUT2D eigenvalue weighted by Crippen LogP contribution is 2.28. The molecule has 1 amide bonds. The van der Waals surface area contributed by atoms with Crippen molar-refractivity contribution < 1.29 is 4.79 Å². The Morgan fingerprint density at radius 3 is 2.58 bits per heavy atom. The second-order valence-corrected chi connectivity index (χ2v) is 8.63. The van der Waals surface area contributed by atoms with Gasteiger partial charge in [0.2, 0.25) is 0 Å². The number of hydrogen-bond donors (Lipinski definition) is 2. The largest absolute Gasteiger partial charge is 0.368 e. The van der Waals surface area contributed by atoms with E-state index in [0.717, 1.165) is 45.7 Å². The van der Waals surface area contributed by atoms with E-state index in [2.05, 4.69) is 31.1 Å². The van der Waals surface area contributed by atoms with Crippen LogP contribution in [0.1, 0.15) is 10.4 Å². The highest BCUT2D eigenvalue weighted by Gasteiger charge is 2.23. The number of aromatic amines is 2. The lowest BCUT2D eigenvalue weighted by molar-refractivity contribution is 0.0747. The lowest BCUT2D eigenvalue weighted by Crippen LogP contribution is -2.48. The monoisotopic (exact) mass is 456 g/mol. The molecule has 0 aliphatic carbocycles. The molecule has 1 aliphatic rings. The predicted octanol–water partition coefficient (Wildman–Crippen LogP) is 4.72. The Kier molecular flexibility index (Phi) is 4.77. The summed E-state index contributed by atoms with van der Waals surface area (Å²) in [6.07, 6.45) is 0. The van der Waals surface area contributed by atoms with Crippen LogP contribution in [0.5, 0.6) is 0 Å². The quantitative estimate of drug-likeness (QED) is 0.411. The fourth-order valence-electron chi connectivity index (χ4n) is 4.42. The number of para-hydroxylation sites is 2. The van der Waals surface area contributed by atoms with Gasteiger partial charge in [-0.1, -0.05) is 29.8 Å². The number of carbonyl (C=O) groups excluding carboxylic acids is 1. The maximum absolute atomic E-state index is 13.3. The molecule has 0 unspecified atom stereocenters. The van der Waals surface area contributed by atoms with Crippen LogP contribution in [-0.2, 0) is 0 Å². The van der Waals surface area contributed by atoms with Gasteiger partial charge in [0.15, 0.2) is 5.82 Å². The molecule has 8 heteroatoms. The van der Waals surface area contributed by atoms with Crippen molar-refractivity contribution in [3.63, 3.8) is 0 Å². The molecule has 164 valence electrons. The third-order valence-corrected chi connectivity index (χ3v) is 6.40. The Labute approximate surface area is 195 Å². The summed E-state index contributed by atoms with van der Waals surface area (Å²) in [6.45, 7) is 2.85. The summed E-state index contributed by atoms with van der Waals surface area (Å²) < 4.78 is 0. The van der Waals surface area contributed by atoms with Gasteiger partial charge in [0, 0.05) is 47.8 Å². The van der Waals surface area contributed by atoms with Crippen LogP contribution in [0.4, 0.5) is 5.69 Å². The average molecular weight is 457 g/mol. The fraction of sp³-hybridized carbons (Fsp3) is 0.160. The standard InChI is InChI=1S/C25H21ClN6O/c26-17-4-3-5-18(15-17)31-10-12-32(13-11-31)25(33)16-8-9-20-19(14-16)23(30-29-20)24-27-21-6-1-2-7-22(21)28-24/h1-9,14-15H,10-13H2,(H,27,28)(H,29,30). The van der Waals surface area contributed by atoms with Crippen molar-refractivity contribution in [2.24, 2.45) is 0 Å². The molecule has 2 N–H and O–H groups in total. The van der Waals surface area contributed by atoms with Crippen molar-refractivity contribution in [1.29, 1.82) is 0 Å². The fourth-order valence-corrected chi connectivity index (χ4v) is 4.60. The van der Waals surface area contributed by atoms with Crippen molar-refractivity contribution in [2.75, 3.05) is 31.1 Å². The Balaban J connectivity index is 1.25. The van der Waals surface area contributed by atoms with Crippen molar-refractivity contribution in [1.82, 2.24) is 25.1 Å². The van der Waals surface area contributed by atoms with Gasteiger partial charge in [-0.25, -0.2) is 4.98 Å². The van der Waals surface area contributed by atoms with E-state index in [9.17, 15) is 4.79 Å². The first-order valence-electron chi connectivity index (χ1n) is 10.9. The minimum atomic E-state index is 0.0272. The topological polar surface area (TPSA) is 80.9 Å². The van der Waals surface area contributed by atoms with Crippen molar-refractivity contribution in [3.05, 3.63) is 77.3 Å². The molecule has 0 bridgehead atoms. The van der Waals surface area contributed by atoms with Crippen LogP contribution in [0.3, 0.4) is 0 Å². The van der Waals surface area contributed by atoms with Gasteiger partial charge in [-0.3, -0.25) is 9.89 Å². The molecule has 0 spiro atoms. The number of H-pyrrole nitrogens is 2. The van der Waals surface area contributed by atoms with Crippen molar-refractivity contribution in [3.8, 4) is 11.5 Å². The van der Waals surface area contributed by atoms with Gasteiger partial charge in [0.25, 0.3) is 5.91 Å². The van der Waals surface area contributed by atoms with E-state index in [0.29, 0.717) is 30.2 Å². The second kappa shape index (κ2) is 7.94. The van der Waals surface area contributed by atoms with E-state index in [1.807, 2.05) is 65.6 Å². The number of aromatic nitrogens is 4. The van der Waals surface area contributed by atoms with Crippen LogP contribution in [-0.4, -0.2) is 57.2 Å². The summed E-state index contributed by atoms with van der Waals surface area (Å²) in [5, 5.41) is 9.11. The number of piperazine rings is 1. The van der Waals surface area contributed by atoms with Crippen LogP contribution >= 0.6 is 11.6 Å². The number of imidazole rings is 1. The molecule has 0 saturated carbocycles. The number of amides is 1. The van der Waals surface area contributed by atoms with Gasteiger partial charge >= 0.3 is 0 Å². The minimum Gasteiger partial charge on any atom is -0.368 e. The third-order valence-electron chi connectivity index (χ3n) is 6.16. The molecule has 5 aromatic rings. The predicted molar refractivity (Wildman–Crippen MR) is 131 cm³/mol. The van der Waals surface area contributed by atoms with Crippen LogP contribution in [0, 0.1) is 0 Å². The number of fused-ring (bicyclic) bond motifs is 2. The Morgan fingerprint density at radius 2 is 1.76 bits per heavy atom. The van der Waals surface area contributed by atoms with E-state index in [1.165, 1.54) is 0 Å². The minimum absolute atomic E-state index is 0.0272. The molecule has 3 aromatic carbocycles. The van der Waals surface area contributed by atoms with E-state index in [-0.39, 0.29) is 5.91 Å². The van der Waals surface area contributed by atoms with E-state index >= 15 is 0 Å². The average Bonchev–Trinajstić information content (AvgIpc) is 3.47. The number of nitrogens with one attached hydrogen (secondary N) is 2. The Hall–Kier alpha value is -3.84. The van der Waals surface area contributed by atoms with Crippen molar-refractivity contribution in [2.45, 2.75) is 0 Å². The molecular formula is C25H21ClN6O. The van der Waals surface area contributed by atoms with Gasteiger partial charge in [-0.2, -0.15) is 5.10 Å². The molecular weight excluding hydrogens is 436 g/mol. The summed E-state index contributed by atoms with van der Waals surface area (Å²) in [6, 6.07) is 21.4. The number of rotatable bonds is 3. The van der Waals surface area contributed by atoms with Gasteiger partial charge in [0.05, 0.1) is 16.6 Å². The van der Waals surface area contributed by atoms with Gasteiger partial charge in [-0.05, 0) is 48.5 Å². The molecule has 33 heavy (non-hydrogen) atoms. The van der Waals surface area contributed by atoms with E-state index < -0.39 is 0 Å². The summed E-state index contributed by atoms with van der Waals surface area (Å²) in [7, 11) is 0. The zero-order valence-electron chi connectivity index (χ0n) is 17.8. The molecule has 1 fully saturated rings. The highest BCUT2D eigenvalue weighted by molar-refractivity contribution is 6.30. The molecule has 1 aliphatic heterocycles. The number of carbonyl (C=O) groups is 1. The zero-order chi connectivity index (χ0) is 22.4. The molecule has 6 rings (SSSR count). The normalized spacial score (nSPS) is 14.3. The summed E-state index contributed by atoms with van der Waals surface area (Å²) >= 11 is 6.14. The Bertz CT molecular complexity index is 1450. The number of benzene rings is 3. The molecule has 3 heterocycles. The molecule has 0 atom stereocenters. The molecule has 2 aromatic heterocycles. The lowest BCUT2D eigenvalue weighted by atomic mass is 10.1. The van der Waals surface area contributed by atoms with Gasteiger partial charge < -0.3 is 14.8 Å². The number of nitrogens with zero attached hydrogens (tertiary/aromatic N) is 4. The van der Waals surface area contributed by atoms with Crippen LogP contribution < -0.4 is 4.90 Å². The summed E-state index contributed by atoms with van der Waals surface area (Å²) in [4.78, 5) is 25.4. The Morgan fingerprint density at radius 1 is 0.909 bits per heavy atom. The molecule has 7 nitrogen and oxygen atoms in total. The number of halogens is 1. The zero-order valence-corrected chi connectivity index (χ0v) is 18.5. The molecule has 0 radical (unpaired) electrons. The SMILES string of the molecule is O=C(c1ccc2[nH]nc(-c3nc4ccccc4[nH]3)c2c1)N1CCN(c2cccc(Cl)c2)CC1. The first-order chi connectivity index (χ1) is 16.2. The smallest absolute Gasteiger partial charge is 0.253 e. The van der Waals surface area contributed by atoms with Crippen molar-refractivity contribution >= 4 is 45.1 Å². The van der Waals surface area contributed by atoms with Gasteiger partial charge in [0.1, 0.15) is 5.69 Å². The summed E-state index contributed by atoms with van der Waals surface area (Å²) in [5.41, 5.74) is 5.15. The maximum Gasteiger partial charge on any atom is 0.253 e. The van der Waals surface area contributed by atoms with Crippen LogP contribution in [0.25, 0.3) is 33.5 Å². The second-order valence-electron chi connectivity index (χ2n) is 8.19. The van der Waals surface area contributed by atoms with Gasteiger partial charge in [-0.15, -0.1) is 0 Å². The van der Waals surface area contributed by atoms with E-state index in [4.69, 9.17) is 11.6 Å². The first kappa shape index (κ1) is 19.8. The molecule has 1 saturated heterocycles. The first-order valence-corrected chi connectivity index (χ1v) is 11.3. The van der Waals surface area contributed by atoms with Crippen LogP contribution in [0.15, 0.2) is 66.7 Å². The number of anilines is 1. The summed E-state index contributed by atoms with van der Waals surface area (Å²) in [5.74, 6) is 0.710. The maximum atomic E-state index is 13.3. The van der Waals surface area contributed by atoms with E-state index in [1.54, 1.807) is 0 Å². The number of hydrogen-bond acceptors (Lipinski definition) is 4. The highest BCUT2D eigenvalue weighted by atomic mass is 35.5. The third kappa shape index (κ3) is 3.60.